The van der Waals surface area contributed by atoms with Gasteiger partial charge in [-0.2, -0.15) is 0 Å². The molecule has 0 bridgehead atoms. The molecule has 1 aliphatic heterocycles. The third-order valence-electron chi connectivity index (χ3n) is 4.75. The molecule has 28 heavy (non-hydrogen) atoms. The molecule has 2 aromatic rings. The summed E-state index contributed by atoms with van der Waals surface area (Å²) in [7, 11) is -3.38. The van der Waals surface area contributed by atoms with Crippen LogP contribution in [0.15, 0.2) is 48.5 Å². The highest BCUT2D eigenvalue weighted by molar-refractivity contribution is 7.92. The molecule has 0 saturated carbocycles. The smallest absolute Gasteiger partial charge is 0.251 e. The van der Waals surface area contributed by atoms with Gasteiger partial charge in [-0.1, -0.05) is 31.2 Å². The van der Waals surface area contributed by atoms with Gasteiger partial charge in [0.05, 0.1) is 5.75 Å². The lowest BCUT2D eigenvalue weighted by atomic mass is 10.1. The third kappa shape index (κ3) is 5.25. The van der Waals surface area contributed by atoms with Crippen molar-refractivity contribution in [1.29, 1.82) is 0 Å². The lowest BCUT2D eigenvalue weighted by Crippen LogP contribution is -2.25. The second kappa shape index (κ2) is 9.10. The summed E-state index contributed by atoms with van der Waals surface area (Å²) in [4.78, 5) is 14.9. The summed E-state index contributed by atoms with van der Waals surface area (Å²) in [5.41, 5.74) is 3.08. The van der Waals surface area contributed by atoms with Crippen molar-refractivity contribution in [2.75, 3.05) is 28.5 Å². The van der Waals surface area contributed by atoms with Gasteiger partial charge in [-0.05, 0) is 49.1 Å². The molecule has 6 nitrogen and oxygen atoms in total. The van der Waals surface area contributed by atoms with E-state index in [9.17, 15) is 13.2 Å². The SMILES string of the molecule is CCCS(=O)(=O)Nc1cccc(C(=O)NCc2ccccc2N2CCCC2)c1. The highest BCUT2D eigenvalue weighted by atomic mass is 32.2. The van der Waals surface area contributed by atoms with Crippen LogP contribution in [0.4, 0.5) is 11.4 Å². The maximum absolute atomic E-state index is 12.6. The molecule has 0 unspecified atom stereocenters. The molecule has 7 heteroatoms. The maximum atomic E-state index is 12.6. The molecule has 0 aromatic heterocycles. The lowest BCUT2D eigenvalue weighted by molar-refractivity contribution is 0.0951. The summed E-state index contributed by atoms with van der Waals surface area (Å²) in [6.45, 7) is 4.33. The Labute approximate surface area is 167 Å². The van der Waals surface area contributed by atoms with E-state index < -0.39 is 10.0 Å². The number of carbonyl (C=O) groups is 1. The summed E-state index contributed by atoms with van der Waals surface area (Å²) in [5.74, 6) is -0.177. The number of hydrogen-bond donors (Lipinski definition) is 2. The highest BCUT2D eigenvalue weighted by Gasteiger charge is 2.16. The molecule has 1 saturated heterocycles. The minimum absolute atomic E-state index is 0.0523. The Morgan fingerprint density at radius 3 is 2.57 bits per heavy atom. The van der Waals surface area contributed by atoms with E-state index in [1.54, 1.807) is 24.3 Å². The van der Waals surface area contributed by atoms with Crippen LogP contribution in [-0.4, -0.2) is 33.2 Å². The van der Waals surface area contributed by atoms with E-state index in [0.29, 0.717) is 24.2 Å². The molecule has 1 fully saturated rings. The van der Waals surface area contributed by atoms with Crippen LogP contribution in [0, 0.1) is 0 Å². The maximum Gasteiger partial charge on any atom is 0.251 e. The quantitative estimate of drug-likeness (QED) is 0.711. The first-order valence-electron chi connectivity index (χ1n) is 9.70. The Kier molecular flexibility index (Phi) is 6.57. The molecular formula is C21H27N3O3S. The predicted molar refractivity (Wildman–Crippen MR) is 113 cm³/mol. The van der Waals surface area contributed by atoms with E-state index in [1.807, 2.05) is 25.1 Å². The van der Waals surface area contributed by atoms with Gasteiger partial charge < -0.3 is 10.2 Å². The second-order valence-electron chi connectivity index (χ2n) is 7.01. The first-order valence-corrected chi connectivity index (χ1v) is 11.4. The normalized spacial score (nSPS) is 14.1. The molecule has 1 heterocycles. The summed E-state index contributed by atoms with van der Waals surface area (Å²) < 4.78 is 26.4. The number of para-hydroxylation sites is 1. The zero-order chi connectivity index (χ0) is 20.0. The molecule has 0 radical (unpaired) electrons. The number of benzene rings is 2. The van der Waals surface area contributed by atoms with E-state index >= 15 is 0 Å². The van der Waals surface area contributed by atoms with Gasteiger partial charge in [0.25, 0.3) is 5.91 Å². The van der Waals surface area contributed by atoms with Gasteiger partial charge in [0, 0.05) is 36.6 Å². The van der Waals surface area contributed by atoms with Gasteiger partial charge >= 0.3 is 0 Å². The van der Waals surface area contributed by atoms with Crippen molar-refractivity contribution in [1.82, 2.24) is 5.32 Å². The van der Waals surface area contributed by atoms with E-state index in [4.69, 9.17) is 0 Å². The fourth-order valence-electron chi connectivity index (χ4n) is 3.43. The Morgan fingerprint density at radius 1 is 1.07 bits per heavy atom. The van der Waals surface area contributed by atoms with E-state index in [-0.39, 0.29) is 11.7 Å². The zero-order valence-corrected chi connectivity index (χ0v) is 17.0. The zero-order valence-electron chi connectivity index (χ0n) is 16.1. The van der Waals surface area contributed by atoms with Crippen molar-refractivity contribution >= 4 is 27.3 Å². The Hall–Kier alpha value is -2.54. The van der Waals surface area contributed by atoms with Gasteiger partial charge in [-0.3, -0.25) is 9.52 Å². The van der Waals surface area contributed by atoms with Crippen LogP contribution < -0.4 is 14.9 Å². The molecule has 0 spiro atoms. The number of anilines is 2. The average molecular weight is 402 g/mol. The predicted octanol–water partition coefficient (Wildman–Crippen LogP) is 3.37. The van der Waals surface area contributed by atoms with Crippen LogP contribution in [-0.2, 0) is 16.6 Å². The summed E-state index contributed by atoms with van der Waals surface area (Å²) in [6, 6.07) is 14.7. The van der Waals surface area contributed by atoms with Crippen molar-refractivity contribution in [3.05, 3.63) is 59.7 Å². The van der Waals surface area contributed by atoms with Gasteiger partial charge in [0.1, 0.15) is 0 Å². The minimum atomic E-state index is -3.38. The Balaban J connectivity index is 1.67. The minimum Gasteiger partial charge on any atom is -0.371 e. The topological polar surface area (TPSA) is 78.5 Å². The van der Waals surface area contributed by atoms with E-state index in [0.717, 1.165) is 18.7 Å². The molecule has 2 aromatic carbocycles. The average Bonchev–Trinajstić information content (AvgIpc) is 3.20. The molecule has 150 valence electrons. The number of rotatable bonds is 8. The summed E-state index contributed by atoms with van der Waals surface area (Å²) in [6.07, 6.45) is 2.93. The van der Waals surface area contributed by atoms with Crippen LogP contribution >= 0.6 is 0 Å². The number of amides is 1. The van der Waals surface area contributed by atoms with Crippen molar-refractivity contribution < 1.29 is 13.2 Å². The monoisotopic (exact) mass is 401 g/mol. The molecule has 1 amide bonds. The number of hydrogen-bond acceptors (Lipinski definition) is 4. The molecule has 3 rings (SSSR count). The number of sulfonamides is 1. The molecular weight excluding hydrogens is 374 g/mol. The molecule has 0 aliphatic carbocycles. The second-order valence-corrected chi connectivity index (χ2v) is 8.85. The van der Waals surface area contributed by atoms with Crippen LogP contribution in [0.2, 0.25) is 0 Å². The molecule has 1 aliphatic rings. The largest absolute Gasteiger partial charge is 0.371 e. The first-order chi connectivity index (χ1) is 13.5. The fourth-order valence-corrected chi connectivity index (χ4v) is 4.55. The van der Waals surface area contributed by atoms with E-state index in [2.05, 4.69) is 21.0 Å². The summed E-state index contributed by atoms with van der Waals surface area (Å²) >= 11 is 0. The Morgan fingerprint density at radius 2 is 1.82 bits per heavy atom. The lowest BCUT2D eigenvalue weighted by Gasteiger charge is -2.21. The molecule has 2 N–H and O–H groups in total. The van der Waals surface area contributed by atoms with Gasteiger partial charge in [-0.25, -0.2) is 8.42 Å². The van der Waals surface area contributed by atoms with Gasteiger partial charge in [0.2, 0.25) is 10.0 Å². The Bertz CT molecular complexity index is 922. The molecule has 0 atom stereocenters. The third-order valence-corrected chi connectivity index (χ3v) is 6.24. The number of carbonyl (C=O) groups excluding carboxylic acids is 1. The van der Waals surface area contributed by atoms with Crippen molar-refractivity contribution in [2.24, 2.45) is 0 Å². The van der Waals surface area contributed by atoms with Crippen molar-refractivity contribution in [2.45, 2.75) is 32.7 Å². The van der Waals surface area contributed by atoms with Crippen molar-refractivity contribution in [3.63, 3.8) is 0 Å². The fraction of sp³-hybridized carbons (Fsp3) is 0.381. The van der Waals surface area contributed by atoms with Crippen LogP contribution in [0.25, 0.3) is 0 Å². The van der Waals surface area contributed by atoms with Crippen LogP contribution in [0.3, 0.4) is 0 Å². The number of nitrogens with one attached hydrogen (secondary N) is 2. The van der Waals surface area contributed by atoms with Crippen LogP contribution in [0.1, 0.15) is 42.1 Å². The first kappa shape index (κ1) is 20.2. The highest BCUT2D eigenvalue weighted by Crippen LogP contribution is 2.24. The van der Waals surface area contributed by atoms with Gasteiger partial charge in [-0.15, -0.1) is 0 Å². The number of nitrogens with zero attached hydrogens (tertiary/aromatic N) is 1. The van der Waals surface area contributed by atoms with Gasteiger partial charge in [0.15, 0.2) is 0 Å². The standard InChI is InChI=1S/C21H27N3O3S/c1-2-14-28(26,27)23-19-10-7-9-17(15-19)21(25)22-16-18-8-3-4-11-20(18)24-12-5-6-13-24/h3-4,7-11,15,23H,2,5-6,12-14,16H2,1H3,(H,22,25). The van der Waals surface area contributed by atoms with E-state index in [1.165, 1.54) is 18.5 Å². The van der Waals surface area contributed by atoms with Crippen molar-refractivity contribution in [3.8, 4) is 0 Å². The summed E-state index contributed by atoms with van der Waals surface area (Å²) in [5, 5.41) is 2.95. The van der Waals surface area contributed by atoms with Crippen LogP contribution in [0.5, 0.6) is 0 Å².